The number of fused-ring (bicyclic) bond motifs is 1. The Morgan fingerprint density at radius 1 is 1.41 bits per heavy atom. The van der Waals surface area contributed by atoms with E-state index in [0.29, 0.717) is 16.2 Å². The van der Waals surface area contributed by atoms with E-state index in [1.807, 2.05) is 0 Å². The summed E-state index contributed by atoms with van der Waals surface area (Å²) in [5.41, 5.74) is 6.22. The molecule has 0 aliphatic heterocycles. The largest absolute Gasteiger partial charge is 0.390 e. The molecule has 0 fully saturated rings. The first-order valence-corrected chi connectivity index (χ1v) is 5.08. The van der Waals surface area contributed by atoms with Crippen molar-refractivity contribution in [3.63, 3.8) is 0 Å². The number of nitrogens with zero attached hydrogens (tertiary/aromatic N) is 3. The lowest BCUT2D eigenvalue weighted by Gasteiger charge is -2.08. The fourth-order valence-corrected chi connectivity index (χ4v) is 1.62. The zero-order valence-electron chi connectivity index (χ0n) is 8.50. The van der Waals surface area contributed by atoms with Crippen molar-refractivity contribution in [1.82, 2.24) is 14.5 Å². The summed E-state index contributed by atoms with van der Waals surface area (Å²) in [6.45, 7) is -0.305. The van der Waals surface area contributed by atoms with E-state index in [0.717, 1.165) is 0 Å². The quantitative estimate of drug-likeness (QED) is 0.907. The summed E-state index contributed by atoms with van der Waals surface area (Å²) >= 11 is 5.70. The van der Waals surface area contributed by atoms with Crippen molar-refractivity contribution in [3.05, 3.63) is 17.3 Å². The third kappa shape index (κ3) is 2.60. The Labute approximate surface area is 99.2 Å². The first-order valence-electron chi connectivity index (χ1n) is 4.71. The normalized spacial score (nSPS) is 12.2. The van der Waals surface area contributed by atoms with Crippen molar-refractivity contribution < 1.29 is 13.2 Å². The number of hydrogen-bond acceptors (Lipinski definition) is 3. The lowest BCUT2D eigenvalue weighted by molar-refractivity contribution is -0.136. The van der Waals surface area contributed by atoms with Gasteiger partial charge in [0.15, 0.2) is 5.65 Å². The Kier molecular flexibility index (Phi) is 2.86. The van der Waals surface area contributed by atoms with Crippen LogP contribution in [0.3, 0.4) is 0 Å². The van der Waals surface area contributed by atoms with E-state index < -0.39 is 12.6 Å². The SMILES string of the molecule is Nc1nc2cc(Cl)cnc2n1CCC(F)(F)F. The number of hydrogen-bond donors (Lipinski definition) is 1. The number of imidazole rings is 1. The van der Waals surface area contributed by atoms with Crippen LogP contribution in [-0.2, 0) is 6.54 Å². The number of alkyl halides is 3. The van der Waals surface area contributed by atoms with Gasteiger partial charge in [0.25, 0.3) is 0 Å². The van der Waals surface area contributed by atoms with Gasteiger partial charge in [-0.05, 0) is 6.07 Å². The Morgan fingerprint density at radius 3 is 2.76 bits per heavy atom. The van der Waals surface area contributed by atoms with Gasteiger partial charge in [-0.25, -0.2) is 9.97 Å². The molecule has 0 aromatic carbocycles. The van der Waals surface area contributed by atoms with Gasteiger partial charge in [-0.15, -0.1) is 0 Å². The first kappa shape index (κ1) is 12.0. The van der Waals surface area contributed by atoms with Gasteiger partial charge < -0.3 is 5.73 Å². The highest BCUT2D eigenvalue weighted by Crippen LogP contribution is 2.24. The van der Waals surface area contributed by atoms with Crippen LogP contribution in [0.4, 0.5) is 19.1 Å². The van der Waals surface area contributed by atoms with Crippen molar-refractivity contribution in [2.45, 2.75) is 19.1 Å². The van der Waals surface area contributed by atoms with Crippen LogP contribution in [0, 0.1) is 0 Å². The number of aromatic nitrogens is 3. The molecule has 0 atom stereocenters. The number of rotatable bonds is 2. The van der Waals surface area contributed by atoms with E-state index in [9.17, 15) is 13.2 Å². The molecule has 2 rings (SSSR count). The molecule has 0 aliphatic carbocycles. The Balaban J connectivity index is 2.36. The van der Waals surface area contributed by atoms with E-state index in [1.165, 1.54) is 16.8 Å². The predicted molar refractivity (Wildman–Crippen MR) is 57.6 cm³/mol. The minimum Gasteiger partial charge on any atom is -0.369 e. The lowest BCUT2D eigenvalue weighted by Crippen LogP contribution is -2.13. The van der Waals surface area contributed by atoms with E-state index in [4.69, 9.17) is 17.3 Å². The van der Waals surface area contributed by atoms with Gasteiger partial charge in [-0.1, -0.05) is 11.6 Å². The molecule has 2 N–H and O–H groups in total. The van der Waals surface area contributed by atoms with Crippen molar-refractivity contribution >= 4 is 28.7 Å². The maximum absolute atomic E-state index is 12.1. The van der Waals surface area contributed by atoms with Crippen LogP contribution in [0.1, 0.15) is 6.42 Å². The molecule has 8 heteroatoms. The monoisotopic (exact) mass is 264 g/mol. The molecule has 0 saturated heterocycles. The highest BCUT2D eigenvalue weighted by atomic mass is 35.5. The molecule has 0 amide bonds. The van der Waals surface area contributed by atoms with Crippen LogP contribution in [0.5, 0.6) is 0 Å². The molecule has 4 nitrogen and oxygen atoms in total. The summed E-state index contributed by atoms with van der Waals surface area (Å²) in [6.07, 6.45) is -3.88. The number of nitrogen functional groups attached to an aromatic ring is 1. The van der Waals surface area contributed by atoms with E-state index in [-0.39, 0.29) is 12.5 Å². The molecular weight excluding hydrogens is 257 g/mol. The topological polar surface area (TPSA) is 56.7 Å². The summed E-state index contributed by atoms with van der Waals surface area (Å²) < 4.78 is 37.6. The second kappa shape index (κ2) is 4.06. The number of anilines is 1. The molecule has 0 aliphatic rings. The van der Waals surface area contributed by atoms with Crippen LogP contribution in [-0.4, -0.2) is 20.7 Å². The summed E-state index contributed by atoms with van der Waals surface area (Å²) in [5.74, 6) is -0.000910. The van der Waals surface area contributed by atoms with Gasteiger partial charge in [0.1, 0.15) is 5.52 Å². The molecule has 0 radical (unpaired) electrons. The van der Waals surface area contributed by atoms with E-state index in [1.54, 1.807) is 0 Å². The predicted octanol–water partition coefficient (Wildman–Crippen LogP) is 2.62. The average Bonchev–Trinajstić information content (AvgIpc) is 2.48. The van der Waals surface area contributed by atoms with E-state index in [2.05, 4.69) is 9.97 Å². The molecular formula is C9H8ClF3N4. The number of aryl methyl sites for hydroxylation is 1. The second-order valence-corrected chi connectivity index (χ2v) is 3.92. The van der Waals surface area contributed by atoms with Crippen molar-refractivity contribution in [3.8, 4) is 0 Å². The van der Waals surface area contributed by atoms with Crippen LogP contribution in [0.25, 0.3) is 11.2 Å². The van der Waals surface area contributed by atoms with Crippen molar-refractivity contribution in [1.29, 1.82) is 0 Å². The number of halogens is 4. The molecule has 0 saturated carbocycles. The van der Waals surface area contributed by atoms with Gasteiger partial charge in [0.2, 0.25) is 5.95 Å². The van der Waals surface area contributed by atoms with Gasteiger partial charge >= 0.3 is 6.18 Å². The zero-order valence-corrected chi connectivity index (χ0v) is 9.26. The highest BCUT2D eigenvalue weighted by molar-refractivity contribution is 6.31. The van der Waals surface area contributed by atoms with E-state index >= 15 is 0 Å². The third-order valence-electron chi connectivity index (χ3n) is 2.20. The first-order chi connectivity index (χ1) is 7.87. The molecule has 0 spiro atoms. The molecule has 0 bridgehead atoms. The maximum Gasteiger partial charge on any atom is 0.390 e. The molecule has 0 unspecified atom stereocenters. The average molecular weight is 265 g/mol. The molecule has 92 valence electrons. The highest BCUT2D eigenvalue weighted by Gasteiger charge is 2.27. The maximum atomic E-state index is 12.1. The fraction of sp³-hybridized carbons (Fsp3) is 0.333. The summed E-state index contributed by atoms with van der Waals surface area (Å²) in [7, 11) is 0. The molecule has 17 heavy (non-hydrogen) atoms. The Hall–Kier alpha value is -1.50. The molecule has 2 aromatic heterocycles. The minimum atomic E-state index is -4.24. The summed E-state index contributed by atoms with van der Waals surface area (Å²) in [5, 5.41) is 0.359. The smallest absolute Gasteiger partial charge is 0.369 e. The van der Waals surface area contributed by atoms with Gasteiger partial charge in [-0.3, -0.25) is 4.57 Å². The second-order valence-electron chi connectivity index (χ2n) is 3.48. The van der Waals surface area contributed by atoms with Crippen LogP contribution in [0.15, 0.2) is 12.3 Å². The number of nitrogens with two attached hydrogens (primary N) is 1. The van der Waals surface area contributed by atoms with Crippen LogP contribution in [0.2, 0.25) is 5.02 Å². The zero-order chi connectivity index (χ0) is 12.6. The Morgan fingerprint density at radius 2 is 2.12 bits per heavy atom. The third-order valence-corrected chi connectivity index (χ3v) is 2.41. The van der Waals surface area contributed by atoms with Gasteiger partial charge in [0, 0.05) is 12.7 Å². The fourth-order valence-electron chi connectivity index (χ4n) is 1.46. The molecule has 2 heterocycles. The summed E-state index contributed by atoms with van der Waals surface area (Å²) in [6, 6.07) is 1.50. The lowest BCUT2D eigenvalue weighted by atomic mass is 10.4. The van der Waals surface area contributed by atoms with Crippen LogP contribution < -0.4 is 5.73 Å². The van der Waals surface area contributed by atoms with Gasteiger partial charge in [0.05, 0.1) is 11.4 Å². The minimum absolute atomic E-state index is 0.000910. The standard InChI is InChI=1S/C9H8ClF3N4/c10-5-3-6-7(15-4-5)17(8(14)16-6)2-1-9(11,12)13/h3-4H,1-2H2,(H2,14,16). The molecule has 2 aromatic rings. The number of pyridine rings is 1. The van der Waals surface area contributed by atoms with Gasteiger partial charge in [-0.2, -0.15) is 13.2 Å². The van der Waals surface area contributed by atoms with Crippen molar-refractivity contribution in [2.75, 3.05) is 5.73 Å². The van der Waals surface area contributed by atoms with Crippen molar-refractivity contribution in [2.24, 2.45) is 0 Å². The van der Waals surface area contributed by atoms with Crippen LogP contribution >= 0.6 is 11.6 Å². The summed E-state index contributed by atoms with van der Waals surface area (Å²) in [4.78, 5) is 7.82. The Bertz CT molecular complexity index is 549.